The van der Waals surface area contributed by atoms with Crippen molar-refractivity contribution in [2.24, 2.45) is 5.41 Å². The molecule has 3 atom stereocenters. The zero-order valence-electron chi connectivity index (χ0n) is 42.8. The van der Waals surface area contributed by atoms with Gasteiger partial charge in [-0.05, 0) is 73.8 Å². The first-order valence-corrected chi connectivity index (χ1v) is 26.0. The van der Waals surface area contributed by atoms with Crippen LogP contribution in [0, 0.1) is 23.2 Å². The summed E-state index contributed by atoms with van der Waals surface area (Å²) in [5.41, 5.74) is 5.75. The maximum Gasteiger partial charge on any atom is 0.251 e. The monoisotopic (exact) mass is 1020 g/mol. The predicted molar refractivity (Wildman–Crippen MR) is 281 cm³/mol. The van der Waals surface area contributed by atoms with E-state index < -0.39 is 23.4 Å². The van der Waals surface area contributed by atoms with Crippen molar-refractivity contribution in [2.75, 3.05) is 75.0 Å². The molecular weight excluding hydrogens is 953 g/mol. The van der Waals surface area contributed by atoms with Crippen molar-refractivity contribution in [3.8, 4) is 16.2 Å². The third-order valence-electron chi connectivity index (χ3n) is 13.3. The molecule has 1 aliphatic carbocycles. The Kier molecular flexibility index (Phi) is 18.9. The number of anilines is 4. The van der Waals surface area contributed by atoms with Crippen LogP contribution in [0.25, 0.3) is 10.4 Å². The van der Waals surface area contributed by atoms with Crippen LogP contribution < -0.4 is 35.8 Å². The molecule has 4 amide bonds. The van der Waals surface area contributed by atoms with Gasteiger partial charge in [-0.15, -0.1) is 11.3 Å². The normalized spacial score (nSPS) is 17.3. The van der Waals surface area contributed by atoms with Crippen LogP contribution in [0.5, 0.6) is 5.75 Å². The standard InChI is InChI=1S/C52H70N12O8S/c1-7-39-46(54)63(31-53)41-29-57-51(61-47(41)64(39)37-11-8-9-12-37)59-38-19-18-36(27-42(38)69-6)48(66)55-20-22-70-23-24-71-25-26-72-30-43(65)60-45(52(3,4)5)50(68)62-21-10-13-40(62)49(67)56-28-34-14-16-35(17-15-34)44-33(2)58-32-73-44/h14-19,27,29,31-32,37,39-40,45,53-54H,7-13,20-26,28,30H2,1-6H3,(H,55,66)(H,56,67)(H,60,65)(H,57,59,61)/t39-,40+,45-/m1/s1. The molecule has 0 bridgehead atoms. The zero-order valence-corrected chi connectivity index (χ0v) is 43.6. The van der Waals surface area contributed by atoms with Gasteiger partial charge in [0.2, 0.25) is 23.7 Å². The van der Waals surface area contributed by atoms with Crippen LogP contribution in [-0.4, -0.2) is 140 Å². The van der Waals surface area contributed by atoms with Gasteiger partial charge in [0.25, 0.3) is 5.91 Å². The Morgan fingerprint density at radius 2 is 1.66 bits per heavy atom. The molecule has 4 heterocycles. The van der Waals surface area contributed by atoms with Crippen molar-refractivity contribution < 1.29 is 38.1 Å². The van der Waals surface area contributed by atoms with Crippen LogP contribution >= 0.6 is 11.3 Å². The molecule has 21 heteroatoms. The number of rotatable bonds is 24. The van der Waals surface area contributed by atoms with E-state index in [4.69, 9.17) is 34.7 Å². The first-order chi connectivity index (χ1) is 35.2. The summed E-state index contributed by atoms with van der Waals surface area (Å²) < 4.78 is 22.4. The van der Waals surface area contributed by atoms with Crippen LogP contribution in [0.15, 0.2) is 54.2 Å². The molecule has 1 saturated carbocycles. The van der Waals surface area contributed by atoms with Crippen molar-refractivity contribution in [1.82, 2.24) is 35.8 Å². The molecule has 20 nitrogen and oxygen atoms in total. The Morgan fingerprint density at radius 1 is 0.932 bits per heavy atom. The molecule has 3 aliphatic rings. The summed E-state index contributed by atoms with van der Waals surface area (Å²) in [7, 11) is 1.52. The van der Waals surface area contributed by atoms with Crippen LogP contribution in [0.2, 0.25) is 0 Å². The maximum atomic E-state index is 13.9. The van der Waals surface area contributed by atoms with Gasteiger partial charge in [-0.25, -0.2) is 9.97 Å². The Hall–Kier alpha value is -6.55. The van der Waals surface area contributed by atoms with E-state index in [1.165, 1.54) is 12.0 Å². The Morgan fingerprint density at radius 3 is 2.33 bits per heavy atom. The number of nitrogens with one attached hydrogen (secondary N) is 6. The number of hydrogen-bond acceptors (Lipinski definition) is 16. The van der Waals surface area contributed by atoms with Crippen molar-refractivity contribution in [3.05, 3.63) is 71.0 Å². The zero-order chi connectivity index (χ0) is 52.1. The predicted octanol–water partition coefficient (Wildman–Crippen LogP) is 6.21. The summed E-state index contributed by atoms with van der Waals surface area (Å²) in [5, 5.41) is 28.8. The lowest BCUT2D eigenvalue weighted by molar-refractivity contribution is -0.144. The number of ether oxygens (including phenoxy) is 4. The lowest BCUT2D eigenvalue weighted by Crippen LogP contribution is -2.58. The van der Waals surface area contributed by atoms with E-state index >= 15 is 0 Å². The van der Waals surface area contributed by atoms with Crippen LogP contribution in [-0.2, 0) is 35.1 Å². The molecular formula is C52H70N12O8S. The maximum absolute atomic E-state index is 13.9. The molecule has 4 aromatic rings. The quantitative estimate of drug-likeness (QED) is 0.0260. The van der Waals surface area contributed by atoms with E-state index in [9.17, 15) is 19.2 Å². The lowest BCUT2D eigenvalue weighted by Gasteiger charge is -2.44. The van der Waals surface area contributed by atoms with E-state index in [1.54, 1.807) is 40.6 Å². The Balaban J connectivity index is 0.777. The Labute approximate surface area is 431 Å². The number of carbonyl (C=O) groups is 4. The van der Waals surface area contributed by atoms with Gasteiger partial charge in [-0.3, -0.25) is 34.9 Å². The van der Waals surface area contributed by atoms with Gasteiger partial charge in [-0.1, -0.05) is 64.8 Å². The van der Waals surface area contributed by atoms with Gasteiger partial charge < -0.3 is 50.0 Å². The lowest BCUT2D eigenvalue weighted by atomic mass is 9.85. The van der Waals surface area contributed by atoms with Crippen molar-refractivity contribution >= 4 is 70.3 Å². The number of aryl methyl sites for hydroxylation is 1. The highest BCUT2D eigenvalue weighted by molar-refractivity contribution is 7.13. The highest BCUT2D eigenvalue weighted by Gasteiger charge is 2.43. The average Bonchev–Trinajstić information content (AvgIpc) is 4.20. The number of thiazole rings is 1. The number of amidine groups is 1. The number of likely N-dealkylation sites (tertiary alicyclic amines) is 1. The van der Waals surface area contributed by atoms with Crippen LogP contribution in [0.1, 0.15) is 94.3 Å². The minimum atomic E-state index is -0.867. The molecule has 0 unspecified atom stereocenters. The molecule has 73 heavy (non-hydrogen) atoms. The number of methoxy groups -OCH3 is 1. The third kappa shape index (κ3) is 13.5. The highest BCUT2D eigenvalue weighted by atomic mass is 32.1. The minimum Gasteiger partial charge on any atom is -0.495 e. The molecule has 392 valence electrons. The van der Waals surface area contributed by atoms with Gasteiger partial charge >= 0.3 is 0 Å². The van der Waals surface area contributed by atoms with Crippen molar-refractivity contribution in [2.45, 2.75) is 110 Å². The summed E-state index contributed by atoms with van der Waals surface area (Å²) >= 11 is 1.59. The summed E-state index contributed by atoms with van der Waals surface area (Å²) in [4.78, 5) is 73.6. The van der Waals surface area contributed by atoms with Gasteiger partial charge in [0.05, 0.1) is 80.5 Å². The van der Waals surface area contributed by atoms with Crippen molar-refractivity contribution in [1.29, 1.82) is 10.8 Å². The SMILES string of the molecule is CC[C@@H]1C(=N)N(C=N)c2cnc(Nc3ccc(C(=O)NCCOCCOCCOCC(=O)N[C@H](C(=O)N4CCC[C@H]4C(=O)NCc4ccc(-c5scnc5C)cc4)C(C)(C)C)cc3OC)nc2N1C1CCCC1. The van der Waals surface area contributed by atoms with Crippen molar-refractivity contribution in [3.63, 3.8) is 0 Å². The number of amides is 4. The van der Waals surface area contributed by atoms with Crippen LogP contribution in [0.3, 0.4) is 0 Å². The summed E-state index contributed by atoms with van der Waals surface area (Å²) in [6.07, 6.45) is 9.00. The van der Waals surface area contributed by atoms with Gasteiger partial charge in [0.1, 0.15) is 36.0 Å². The average molecular weight is 1020 g/mol. The number of hydrogen-bond donors (Lipinski definition) is 6. The summed E-state index contributed by atoms with van der Waals surface area (Å²) in [5.74, 6) is 0.499. The highest BCUT2D eigenvalue weighted by Crippen LogP contribution is 2.41. The molecule has 7 rings (SSSR count). The third-order valence-corrected chi connectivity index (χ3v) is 14.3. The molecule has 0 radical (unpaired) electrons. The molecule has 2 fully saturated rings. The van der Waals surface area contributed by atoms with E-state index in [0.29, 0.717) is 72.6 Å². The number of fused-ring (bicyclic) bond motifs is 1. The second kappa shape index (κ2) is 25.4. The molecule has 0 spiro atoms. The van der Waals surface area contributed by atoms with E-state index in [2.05, 4.69) is 36.1 Å². The molecule has 2 aromatic carbocycles. The Bertz CT molecular complexity index is 2560. The largest absolute Gasteiger partial charge is 0.495 e. The second-order valence-electron chi connectivity index (χ2n) is 19.4. The second-order valence-corrected chi connectivity index (χ2v) is 20.2. The van der Waals surface area contributed by atoms with E-state index in [1.807, 2.05) is 64.4 Å². The summed E-state index contributed by atoms with van der Waals surface area (Å²) in [6, 6.07) is 11.6. The summed E-state index contributed by atoms with van der Waals surface area (Å²) in [6.45, 7) is 11.6. The molecule has 1 saturated heterocycles. The topological polar surface area (TPSA) is 249 Å². The smallest absolute Gasteiger partial charge is 0.251 e. The number of carbonyl (C=O) groups excluding carboxylic acids is 4. The molecule has 2 aromatic heterocycles. The molecule has 6 N–H and O–H groups in total. The molecule has 2 aliphatic heterocycles. The fraction of sp³-hybridized carbons (Fsp3) is 0.519. The van der Waals surface area contributed by atoms with E-state index in [-0.39, 0.29) is 76.0 Å². The van der Waals surface area contributed by atoms with Gasteiger partial charge in [0.15, 0.2) is 5.82 Å². The number of aromatic nitrogens is 3. The first kappa shape index (κ1) is 54.2. The van der Waals surface area contributed by atoms with E-state index in [0.717, 1.165) is 53.7 Å². The number of nitrogens with zero attached hydrogens (tertiary/aromatic N) is 6. The van der Waals surface area contributed by atoms with Crippen LogP contribution in [0.4, 0.5) is 23.1 Å². The fourth-order valence-electron chi connectivity index (χ4n) is 9.48. The number of benzene rings is 2. The first-order valence-electron chi connectivity index (χ1n) is 25.1. The van der Waals surface area contributed by atoms with Gasteiger partial charge in [0, 0.05) is 31.2 Å². The van der Waals surface area contributed by atoms with Gasteiger partial charge in [-0.2, -0.15) is 4.98 Å². The minimum absolute atomic E-state index is 0.146. The fourth-order valence-corrected chi connectivity index (χ4v) is 10.3.